The first-order valence-corrected chi connectivity index (χ1v) is 11.6. The predicted molar refractivity (Wildman–Crippen MR) is 132 cm³/mol. The second-order valence-corrected chi connectivity index (χ2v) is 9.08. The molecule has 7 nitrogen and oxygen atoms in total. The molecule has 4 rings (SSSR count). The minimum atomic E-state index is -4.40. The molecule has 4 atom stereocenters. The van der Waals surface area contributed by atoms with Crippen LogP contribution in [0, 0.1) is 0 Å². The first-order chi connectivity index (χ1) is 15.8. The van der Waals surface area contributed by atoms with Crippen LogP contribution in [-0.2, 0) is 10.9 Å². The lowest BCUT2D eigenvalue weighted by Gasteiger charge is -2.41. The van der Waals surface area contributed by atoms with E-state index >= 15 is 0 Å². The summed E-state index contributed by atoms with van der Waals surface area (Å²) in [6.07, 6.45) is -6.64. The van der Waals surface area contributed by atoms with Crippen LogP contribution in [0.1, 0.15) is 15.2 Å². The van der Waals surface area contributed by atoms with Gasteiger partial charge in [0.2, 0.25) is 0 Å². The van der Waals surface area contributed by atoms with Gasteiger partial charge in [-0.05, 0) is 29.6 Å². The number of halogens is 5. The van der Waals surface area contributed by atoms with Crippen LogP contribution < -0.4 is 10.2 Å². The number of hydrogen-bond acceptors (Lipinski definition) is 7. The molecule has 2 fully saturated rings. The number of alkyl halides is 3. The number of rotatable bonds is 6. The summed E-state index contributed by atoms with van der Waals surface area (Å²) in [6, 6.07) is 8.30. The number of piperazine rings is 1. The van der Waals surface area contributed by atoms with Crippen LogP contribution in [0.25, 0.3) is 0 Å². The van der Waals surface area contributed by atoms with E-state index in [1.165, 1.54) is 17.4 Å². The van der Waals surface area contributed by atoms with Gasteiger partial charge in [0.15, 0.2) is 0 Å². The zero-order valence-corrected chi connectivity index (χ0v) is 21.0. The normalized spacial score (nSPS) is 25.0. The maximum absolute atomic E-state index is 13.1. The largest absolute Gasteiger partial charge is 0.416 e. The highest BCUT2D eigenvalue weighted by Crippen LogP contribution is 2.32. The van der Waals surface area contributed by atoms with E-state index < -0.39 is 36.1 Å². The number of nitrogens with zero attached hydrogens (tertiary/aromatic N) is 2. The highest BCUT2D eigenvalue weighted by molar-refractivity contribution is 7.12. The molecule has 2 saturated heterocycles. The standard InChI is InChI=1S/C22H26F3N3O4S.2ClH/c23-22(24,25)14-3-1-4-15(11-14)27-6-8-28(9-7-27)19-16(32-17(13-29)20(19)30)12-26-21(31)18-5-2-10-33-18;;/h1-5,10-11,16-17,19-20,29-30H,6-9,12-13H2,(H,26,31);2*1H/t16-,17+,19+,20-;;/m1../s1. The molecule has 35 heavy (non-hydrogen) atoms. The van der Waals surface area contributed by atoms with E-state index in [4.69, 9.17) is 4.74 Å². The Bertz CT molecular complexity index is 946. The third-order valence-electron chi connectivity index (χ3n) is 6.12. The maximum atomic E-state index is 13.1. The molecule has 0 radical (unpaired) electrons. The van der Waals surface area contributed by atoms with E-state index in [0.717, 1.165) is 12.1 Å². The van der Waals surface area contributed by atoms with Crippen LogP contribution in [0.3, 0.4) is 0 Å². The number of nitrogens with one attached hydrogen (secondary N) is 1. The van der Waals surface area contributed by atoms with Crippen molar-refractivity contribution >= 4 is 47.7 Å². The lowest BCUT2D eigenvalue weighted by Crippen LogP contribution is -2.57. The molecule has 0 aliphatic carbocycles. The van der Waals surface area contributed by atoms with Crippen LogP contribution >= 0.6 is 36.2 Å². The molecule has 3 heterocycles. The number of benzene rings is 1. The fourth-order valence-electron chi connectivity index (χ4n) is 4.44. The average molecular weight is 558 g/mol. The summed E-state index contributed by atoms with van der Waals surface area (Å²) < 4.78 is 45.0. The van der Waals surface area contributed by atoms with Crippen LogP contribution in [-0.4, -0.2) is 84.7 Å². The molecular formula is C22H28Cl2F3N3O4S. The number of carbonyl (C=O) groups excluding carboxylic acids is 1. The molecule has 1 aromatic heterocycles. The molecule has 0 bridgehead atoms. The third kappa shape index (κ3) is 6.79. The number of aliphatic hydroxyl groups excluding tert-OH is 2. The first kappa shape index (κ1) is 29.6. The summed E-state index contributed by atoms with van der Waals surface area (Å²) in [5, 5.41) is 25.0. The summed E-state index contributed by atoms with van der Waals surface area (Å²) >= 11 is 1.32. The molecule has 1 amide bonds. The van der Waals surface area contributed by atoms with Gasteiger partial charge in [-0.3, -0.25) is 9.69 Å². The Labute approximate surface area is 217 Å². The Morgan fingerprint density at radius 2 is 1.83 bits per heavy atom. The second-order valence-electron chi connectivity index (χ2n) is 8.14. The van der Waals surface area contributed by atoms with E-state index in [1.807, 2.05) is 9.80 Å². The van der Waals surface area contributed by atoms with E-state index in [9.17, 15) is 28.2 Å². The van der Waals surface area contributed by atoms with Crippen molar-refractivity contribution in [1.82, 2.24) is 10.2 Å². The van der Waals surface area contributed by atoms with Crippen LogP contribution in [0.15, 0.2) is 41.8 Å². The Hall–Kier alpha value is -1.60. The second kappa shape index (κ2) is 12.6. The smallest absolute Gasteiger partial charge is 0.394 e. The number of thiophene rings is 1. The number of amides is 1. The highest BCUT2D eigenvalue weighted by atomic mass is 35.5. The summed E-state index contributed by atoms with van der Waals surface area (Å²) in [5.74, 6) is -0.233. The summed E-state index contributed by atoms with van der Waals surface area (Å²) in [7, 11) is 0. The van der Waals surface area contributed by atoms with Gasteiger partial charge in [-0.1, -0.05) is 12.1 Å². The average Bonchev–Trinajstić information content (AvgIpc) is 3.45. The van der Waals surface area contributed by atoms with Gasteiger partial charge in [-0.15, -0.1) is 36.2 Å². The number of anilines is 1. The van der Waals surface area contributed by atoms with Gasteiger partial charge < -0.3 is 25.2 Å². The van der Waals surface area contributed by atoms with Crippen molar-refractivity contribution in [2.75, 3.05) is 44.2 Å². The number of ether oxygens (including phenoxy) is 1. The van der Waals surface area contributed by atoms with Gasteiger partial charge in [0.25, 0.3) is 5.91 Å². The topological polar surface area (TPSA) is 85.3 Å². The van der Waals surface area contributed by atoms with Crippen LogP contribution in [0.4, 0.5) is 18.9 Å². The van der Waals surface area contributed by atoms with E-state index in [1.54, 1.807) is 23.6 Å². The van der Waals surface area contributed by atoms with Gasteiger partial charge in [-0.2, -0.15) is 13.2 Å². The molecule has 0 unspecified atom stereocenters. The van der Waals surface area contributed by atoms with Crippen LogP contribution in [0.5, 0.6) is 0 Å². The predicted octanol–water partition coefficient (Wildman–Crippen LogP) is 2.65. The van der Waals surface area contributed by atoms with Gasteiger partial charge >= 0.3 is 6.18 Å². The molecular weight excluding hydrogens is 530 g/mol. The quantitative estimate of drug-likeness (QED) is 0.506. The van der Waals surface area contributed by atoms with Crippen LogP contribution in [0.2, 0.25) is 0 Å². The maximum Gasteiger partial charge on any atom is 0.416 e. The lowest BCUT2D eigenvalue weighted by atomic mass is 10.0. The van der Waals surface area contributed by atoms with Crippen molar-refractivity contribution in [2.24, 2.45) is 0 Å². The lowest BCUT2D eigenvalue weighted by molar-refractivity contribution is -0.137. The molecule has 0 spiro atoms. The van der Waals surface area contributed by atoms with Gasteiger partial charge in [0.1, 0.15) is 12.2 Å². The Balaban J connectivity index is 0.00000216. The van der Waals surface area contributed by atoms with Gasteiger partial charge in [-0.25, -0.2) is 0 Å². The monoisotopic (exact) mass is 557 g/mol. The molecule has 13 heteroatoms. The van der Waals surface area contributed by atoms with Crippen molar-refractivity contribution in [3.8, 4) is 0 Å². The molecule has 196 valence electrons. The van der Waals surface area contributed by atoms with E-state index in [2.05, 4.69) is 5.32 Å². The van der Waals surface area contributed by atoms with Crippen molar-refractivity contribution in [2.45, 2.75) is 30.5 Å². The molecule has 2 aliphatic heterocycles. The molecule has 2 aromatic rings. The van der Waals surface area contributed by atoms with E-state index in [-0.39, 0.29) is 43.9 Å². The zero-order chi connectivity index (χ0) is 23.6. The van der Waals surface area contributed by atoms with Crippen molar-refractivity contribution < 1.29 is 32.9 Å². The molecule has 0 saturated carbocycles. The summed E-state index contributed by atoms with van der Waals surface area (Å²) in [5.41, 5.74) is -0.185. The third-order valence-corrected chi connectivity index (χ3v) is 6.99. The van der Waals surface area contributed by atoms with Gasteiger partial charge in [0.05, 0.1) is 29.2 Å². The fourth-order valence-corrected chi connectivity index (χ4v) is 5.08. The summed E-state index contributed by atoms with van der Waals surface area (Å²) in [4.78, 5) is 16.8. The number of carbonyl (C=O) groups is 1. The SMILES string of the molecule is Cl.Cl.O=C(NC[C@H]1O[C@@H](CO)[C@@H](O)[C@H]1N1CCN(c2cccc(C(F)(F)F)c2)CC1)c1cccs1. The number of aliphatic hydroxyl groups is 2. The summed E-state index contributed by atoms with van der Waals surface area (Å²) in [6.45, 7) is 1.76. The highest BCUT2D eigenvalue weighted by Gasteiger charge is 2.46. The van der Waals surface area contributed by atoms with E-state index in [0.29, 0.717) is 36.7 Å². The van der Waals surface area contributed by atoms with Crippen molar-refractivity contribution in [3.63, 3.8) is 0 Å². The number of hydrogen-bond donors (Lipinski definition) is 3. The first-order valence-electron chi connectivity index (χ1n) is 10.7. The molecule has 3 N–H and O–H groups in total. The van der Waals surface area contributed by atoms with Crippen molar-refractivity contribution in [3.05, 3.63) is 52.2 Å². The Kier molecular flexibility index (Phi) is 10.6. The zero-order valence-electron chi connectivity index (χ0n) is 18.6. The van der Waals surface area contributed by atoms with Crippen molar-refractivity contribution in [1.29, 1.82) is 0 Å². The molecule has 1 aromatic carbocycles. The Morgan fingerprint density at radius 1 is 1.11 bits per heavy atom. The minimum Gasteiger partial charge on any atom is -0.394 e. The minimum absolute atomic E-state index is 0. The molecule has 2 aliphatic rings. The fraction of sp³-hybridized carbons (Fsp3) is 0.500. The Morgan fingerprint density at radius 3 is 2.43 bits per heavy atom. The van der Waals surface area contributed by atoms with Gasteiger partial charge in [0, 0.05) is 38.4 Å².